The van der Waals surface area contributed by atoms with Gasteiger partial charge >= 0.3 is 0 Å². The van der Waals surface area contributed by atoms with E-state index in [2.05, 4.69) is 10.2 Å². The molecule has 0 unspecified atom stereocenters. The van der Waals surface area contributed by atoms with Crippen LogP contribution >= 0.6 is 0 Å². The standard InChI is InChI=1S/C26H30N4O5S2/c1-28(36(2,32)33)24-11-7-10-23(19-24)27-26(31)22-9-6-8-21(18-22)20-29-14-16-30(17-15-29)37(34,35)25-12-4-3-5-13-25/h3-13,18-19H,14-17,20H2,1-2H3,(H,27,31). The summed E-state index contributed by atoms with van der Waals surface area (Å²) in [6.07, 6.45) is 1.12. The van der Waals surface area contributed by atoms with E-state index < -0.39 is 20.0 Å². The van der Waals surface area contributed by atoms with Crippen LogP contribution in [0.1, 0.15) is 15.9 Å². The van der Waals surface area contributed by atoms with Crippen LogP contribution in [0.2, 0.25) is 0 Å². The normalized spacial score (nSPS) is 15.3. The van der Waals surface area contributed by atoms with Crippen LogP contribution in [-0.4, -0.2) is 71.4 Å². The zero-order chi connectivity index (χ0) is 26.6. The highest BCUT2D eigenvalue weighted by molar-refractivity contribution is 7.92. The Morgan fingerprint density at radius 1 is 0.865 bits per heavy atom. The summed E-state index contributed by atoms with van der Waals surface area (Å²) in [7, 11) is -5.47. The molecule has 4 rings (SSSR count). The summed E-state index contributed by atoms with van der Waals surface area (Å²) in [4.78, 5) is 15.4. The number of piperazine rings is 1. The monoisotopic (exact) mass is 542 g/mol. The van der Waals surface area contributed by atoms with Gasteiger partial charge in [-0.2, -0.15) is 4.31 Å². The first-order valence-corrected chi connectivity index (χ1v) is 15.0. The molecule has 3 aromatic carbocycles. The van der Waals surface area contributed by atoms with Crippen molar-refractivity contribution in [2.75, 3.05) is 49.1 Å². The van der Waals surface area contributed by atoms with Gasteiger partial charge < -0.3 is 5.32 Å². The van der Waals surface area contributed by atoms with Crippen LogP contribution in [0, 0.1) is 0 Å². The average Bonchev–Trinajstić information content (AvgIpc) is 2.89. The first kappa shape index (κ1) is 26.8. The number of nitrogens with zero attached hydrogens (tertiary/aromatic N) is 3. The molecule has 0 aliphatic carbocycles. The van der Waals surface area contributed by atoms with Crippen molar-refractivity contribution < 1.29 is 21.6 Å². The highest BCUT2D eigenvalue weighted by atomic mass is 32.2. The first-order valence-electron chi connectivity index (χ1n) is 11.8. The van der Waals surface area contributed by atoms with Gasteiger partial charge in [0.2, 0.25) is 20.0 Å². The summed E-state index contributed by atoms with van der Waals surface area (Å²) in [5, 5.41) is 2.83. The Kier molecular flexibility index (Phi) is 7.98. The number of anilines is 2. The summed E-state index contributed by atoms with van der Waals surface area (Å²) >= 11 is 0. The van der Waals surface area contributed by atoms with Crippen molar-refractivity contribution in [3.63, 3.8) is 0 Å². The van der Waals surface area contributed by atoms with E-state index in [1.165, 1.54) is 11.4 Å². The van der Waals surface area contributed by atoms with E-state index in [4.69, 9.17) is 0 Å². The molecule has 3 aromatic rings. The van der Waals surface area contributed by atoms with Crippen LogP contribution < -0.4 is 9.62 Å². The lowest BCUT2D eigenvalue weighted by atomic mass is 10.1. The number of carbonyl (C=O) groups is 1. The van der Waals surface area contributed by atoms with Crippen LogP contribution in [0.3, 0.4) is 0 Å². The summed E-state index contributed by atoms with van der Waals surface area (Å²) in [5.74, 6) is -0.306. The molecule has 1 amide bonds. The lowest BCUT2D eigenvalue weighted by molar-refractivity contribution is 0.102. The van der Waals surface area contributed by atoms with E-state index in [1.807, 2.05) is 18.2 Å². The quantitative estimate of drug-likeness (QED) is 0.469. The van der Waals surface area contributed by atoms with Crippen LogP contribution in [0.4, 0.5) is 11.4 Å². The van der Waals surface area contributed by atoms with Gasteiger partial charge in [-0.3, -0.25) is 14.0 Å². The minimum atomic E-state index is -3.51. The van der Waals surface area contributed by atoms with Crippen LogP contribution in [0.5, 0.6) is 0 Å². The third kappa shape index (κ3) is 6.55. The molecule has 1 aliphatic heterocycles. The Morgan fingerprint density at radius 3 is 2.22 bits per heavy atom. The third-order valence-electron chi connectivity index (χ3n) is 6.27. The molecular weight excluding hydrogens is 512 g/mol. The number of benzene rings is 3. The predicted molar refractivity (Wildman–Crippen MR) is 145 cm³/mol. The molecule has 0 spiro atoms. The largest absolute Gasteiger partial charge is 0.322 e. The molecular formula is C26H30N4O5S2. The number of sulfonamides is 2. The molecule has 1 aliphatic rings. The number of hydrogen-bond acceptors (Lipinski definition) is 6. The van der Waals surface area contributed by atoms with Crippen LogP contribution in [0.15, 0.2) is 83.8 Å². The molecule has 1 fully saturated rings. The molecule has 196 valence electrons. The fourth-order valence-corrected chi connectivity index (χ4v) is 6.05. The summed E-state index contributed by atoms with van der Waals surface area (Å²) in [5.41, 5.74) is 2.35. The second kappa shape index (κ2) is 11.0. The predicted octanol–water partition coefficient (Wildman–Crippen LogP) is 2.84. The van der Waals surface area contributed by atoms with Gasteiger partial charge in [0.25, 0.3) is 5.91 Å². The molecule has 37 heavy (non-hydrogen) atoms. The highest BCUT2D eigenvalue weighted by Crippen LogP contribution is 2.22. The van der Waals surface area contributed by atoms with E-state index in [1.54, 1.807) is 60.7 Å². The molecule has 0 aromatic heterocycles. The number of amides is 1. The zero-order valence-electron chi connectivity index (χ0n) is 20.7. The van der Waals surface area contributed by atoms with Gasteiger partial charge in [-0.25, -0.2) is 16.8 Å². The highest BCUT2D eigenvalue weighted by Gasteiger charge is 2.28. The maximum Gasteiger partial charge on any atom is 0.255 e. The molecule has 11 heteroatoms. The topological polar surface area (TPSA) is 107 Å². The van der Waals surface area contributed by atoms with E-state index in [-0.39, 0.29) is 5.91 Å². The van der Waals surface area contributed by atoms with Gasteiger partial charge in [-0.15, -0.1) is 0 Å². The van der Waals surface area contributed by atoms with Crippen molar-refractivity contribution in [3.05, 3.63) is 90.0 Å². The minimum absolute atomic E-state index is 0.302. The van der Waals surface area contributed by atoms with Crippen molar-refractivity contribution in [1.29, 1.82) is 0 Å². The Hall–Kier alpha value is -3.25. The summed E-state index contributed by atoms with van der Waals surface area (Å²) < 4.78 is 52.0. The van der Waals surface area contributed by atoms with Crippen molar-refractivity contribution in [1.82, 2.24) is 9.21 Å². The lowest BCUT2D eigenvalue weighted by Gasteiger charge is -2.34. The van der Waals surface area contributed by atoms with Crippen LogP contribution in [0.25, 0.3) is 0 Å². The van der Waals surface area contributed by atoms with Crippen molar-refractivity contribution in [3.8, 4) is 0 Å². The molecule has 1 heterocycles. The Labute approximate surface area is 218 Å². The van der Waals surface area contributed by atoms with Gasteiger partial charge in [0.05, 0.1) is 16.8 Å². The van der Waals surface area contributed by atoms with E-state index in [0.717, 1.165) is 16.1 Å². The van der Waals surface area contributed by atoms with Gasteiger partial charge in [0, 0.05) is 51.0 Å². The fraction of sp³-hybridized carbons (Fsp3) is 0.269. The van der Waals surface area contributed by atoms with Gasteiger partial charge in [-0.05, 0) is 48.0 Å². The second-order valence-electron chi connectivity index (χ2n) is 8.93. The minimum Gasteiger partial charge on any atom is -0.322 e. The van der Waals surface area contributed by atoms with Gasteiger partial charge in [-0.1, -0.05) is 36.4 Å². The molecule has 1 N–H and O–H groups in total. The van der Waals surface area contributed by atoms with Crippen molar-refractivity contribution in [2.45, 2.75) is 11.4 Å². The maximum absolute atomic E-state index is 12.9. The molecule has 0 atom stereocenters. The average molecular weight is 543 g/mol. The SMILES string of the molecule is CN(c1cccc(NC(=O)c2cccc(CN3CCN(S(=O)(=O)c4ccccc4)CC3)c2)c1)S(C)(=O)=O. The maximum atomic E-state index is 12.9. The number of nitrogens with one attached hydrogen (secondary N) is 1. The number of hydrogen-bond donors (Lipinski definition) is 1. The van der Waals surface area contributed by atoms with Crippen molar-refractivity contribution in [2.24, 2.45) is 0 Å². The number of carbonyl (C=O) groups excluding carboxylic acids is 1. The van der Waals surface area contributed by atoms with E-state index >= 15 is 0 Å². The lowest BCUT2D eigenvalue weighted by Crippen LogP contribution is -2.48. The fourth-order valence-electron chi connectivity index (χ4n) is 4.11. The van der Waals surface area contributed by atoms with E-state index in [0.29, 0.717) is 54.6 Å². The Morgan fingerprint density at radius 2 is 1.54 bits per heavy atom. The molecule has 0 bridgehead atoms. The third-order valence-corrected chi connectivity index (χ3v) is 9.39. The zero-order valence-corrected chi connectivity index (χ0v) is 22.4. The molecule has 1 saturated heterocycles. The Balaban J connectivity index is 1.37. The molecule has 0 radical (unpaired) electrons. The summed E-state index contributed by atoms with van der Waals surface area (Å²) in [6, 6.07) is 22.4. The second-order valence-corrected chi connectivity index (χ2v) is 12.9. The number of rotatable bonds is 8. The van der Waals surface area contributed by atoms with Crippen molar-refractivity contribution >= 4 is 37.3 Å². The van der Waals surface area contributed by atoms with Gasteiger partial charge in [0.15, 0.2) is 0 Å². The van der Waals surface area contributed by atoms with Gasteiger partial charge in [0.1, 0.15) is 0 Å². The molecule has 0 saturated carbocycles. The van der Waals surface area contributed by atoms with Crippen LogP contribution in [-0.2, 0) is 26.6 Å². The first-order chi connectivity index (χ1) is 17.5. The molecule has 9 nitrogen and oxygen atoms in total. The smallest absolute Gasteiger partial charge is 0.255 e. The Bertz CT molecular complexity index is 1470. The van der Waals surface area contributed by atoms with E-state index in [9.17, 15) is 21.6 Å². The summed E-state index contributed by atoms with van der Waals surface area (Å²) in [6.45, 7) is 2.56.